The van der Waals surface area contributed by atoms with Gasteiger partial charge in [0.05, 0.1) is 5.48 Å². The molecule has 8 aromatic carbocycles. The monoisotopic (exact) mass is 550 g/mol. The molecular formula is C42H26O. The summed E-state index contributed by atoms with van der Waals surface area (Å²) in [7, 11) is 0. The lowest BCUT2D eigenvalue weighted by Gasteiger charge is -2.18. The van der Waals surface area contributed by atoms with Crippen LogP contribution in [0.4, 0.5) is 0 Å². The Bertz CT molecular complexity index is 2670. The molecule has 0 N–H and O–H groups in total. The maximum absolute atomic E-state index is 9.48. The Kier molecular flexibility index (Phi) is 4.45. The van der Waals surface area contributed by atoms with Crippen molar-refractivity contribution < 1.29 is 9.90 Å². The minimum Gasteiger partial charge on any atom is -0.455 e. The summed E-state index contributed by atoms with van der Waals surface area (Å²) in [6, 6.07) is 44.1. The number of fused-ring (bicyclic) bond motifs is 7. The van der Waals surface area contributed by atoms with Crippen molar-refractivity contribution in [3.63, 3.8) is 0 Å². The van der Waals surface area contributed by atoms with E-state index >= 15 is 0 Å². The van der Waals surface area contributed by atoms with Crippen LogP contribution in [0.2, 0.25) is 0 Å². The highest BCUT2D eigenvalue weighted by Gasteiger charge is 2.20. The van der Waals surface area contributed by atoms with Crippen LogP contribution in [0.3, 0.4) is 0 Å². The van der Waals surface area contributed by atoms with Gasteiger partial charge in [-0.3, -0.25) is 0 Å². The highest BCUT2D eigenvalue weighted by Crippen LogP contribution is 2.47. The average molecular weight is 551 g/mol. The first-order valence-corrected chi connectivity index (χ1v) is 14.5. The fourth-order valence-corrected chi connectivity index (χ4v) is 6.67. The Labute approximate surface area is 254 Å². The zero-order chi connectivity index (χ0) is 31.8. The molecule has 1 heterocycles. The third-order valence-electron chi connectivity index (χ3n) is 8.53. The lowest BCUT2D eigenvalue weighted by molar-refractivity contribution is 0.673. The molecule has 1 aromatic heterocycles. The molecule has 200 valence electrons. The average Bonchev–Trinajstić information content (AvgIpc) is 3.51. The molecule has 0 spiro atoms. The largest absolute Gasteiger partial charge is 0.455 e. The molecule has 0 saturated carbocycles. The van der Waals surface area contributed by atoms with Gasteiger partial charge >= 0.3 is 0 Å². The molecule has 0 unspecified atom stereocenters. The summed E-state index contributed by atoms with van der Waals surface area (Å²) in [4.78, 5) is 0. The van der Waals surface area contributed by atoms with E-state index < -0.39 is 0 Å². The maximum atomic E-state index is 9.48. The van der Waals surface area contributed by atoms with E-state index in [-0.39, 0.29) is 24.2 Å². The van der Waals surface area contributed by atoms with Crippen molar-refractivity contribution in [3.8, 4) is 33.4 Å². The zero-order valence-electron chi connectivity index (χ0n) is 27.1. The standard InChI is InChI=1S/C42H26O/c1-2-12-27(13-3-1)29-15-10-16-30(26-29)39-32-18-6-8-20-34(32)40(35-21-9-7-19-33(35)39)36-22-11-23-38-41(36)37-25-24-28-14-4-5-17-31(28)42(37)43-38/h1-26H/i10D,15D,16D,26D. The zero-order valence-corrected chi connectivity index (χ0v) is 23.1. The van der Waals surface area contributed by atoms with Crippen LogP contribution in [-0.4, -0.2) is 0 Å². The smallest absolute Gasteiger partial charge is 0.143 e. The second-order valence-corrected chi connectivity index (χ2v) is 10.9. The van der Waals surface area contributed by atoms with Crippen molar-refractivity contribution in [2.45, 2.75) is 0 Å². The van der Waals surface area contributed by atoms with Gasteiger partial charge in [0.2, 0.25) is 0 Å². The molecule has 0 aliphatic carbocycles. The Balaban J connectivity index is 1.44. The highest BCUT2D eigenvalue weighted by atomic mass is 16.3. The number of hydrogen-bond acceptors (Lipinski definition) is 1. The van der Waals surface area contributed by atoms with Crippen molar-refractivity contribution in [2.75, 3.05) is 0 Å². The van der Waals surface area contributed by atoms with Gasteiger partial charge in [-0.2, -0.15) is 0 Å². The van der Waals surface area contributed by atoms with Gasteiger partial charge in [-0.15, -0.1) is 0 Å². The minimum atomic E-state index is -0.186. The molecule has 0 bridgehead atoms. The van der Waals surface area contributed by atoms with Crippen LogP contribution in [0.1, 0.15) is 5.48 Å². The summed E-state index contributed by atoms with van der Waals surface area (Å²) >= 11 is 0. The predicted octanol–water partition coefficient (Wildman–Crippen LogP) is 12.0. The SMILES string of the molecule is [2H]c1c([2H])c(-c2ccccc2)c([2H])c(-c2c3ccccc3c(-c3cccc4oc5c6ccccc6ccc5c34)c3ccccc23)c1[2H]. The summed E-state index contributed by atoms with van der Waals surface area (Å²) < 4.78 is 42.8. The first-order chi connectivity index (χ1) is 23.0. The number of hydrogen-bond donors (Lipinski definition) is 0. The first kappa shape index (κ1) is 20.3. The molecular weight excluding hydrogens is 520 g/mol. The Hall–Kier alpha value is -5.66. The first-order valence-electron chi connectivity index (χ1n) is 16.5. The van der Waals surface area contributed by atoms with Crippen LogP contribution in [-0.2, 0) is 0 Å². The molecule has 0 fully saturated rings. The lowest BCUT2D eigenvalue weighted by atomic mass is 9.84. The van der Waals surface area contributed by atoms with E-state index in [1.807, 2.05) is 91.0 Å². The molecule has 1 heteroatoms. The van der Waals surface area contributed by atoms with Crippen molar-refractivity contribution in [1.82, 2.24) is 0 Å². The fourth-order valence-electron chi connectivity index (χ4n) is 6.67. The van der Waals surface area contributed by atoms with Crippen LogP contribution in [0.5, 0.6) is 0 Å². The summed E-state index contributed by atoms with van der Waals surface area (Å²) in [6.45, 7) is 0. The van der Waals surface area contributed by atoms with Gasteiger partial charge in [0.25, 0.3) is 0 Å². The second kappa shape index (κ2) is 9.44. The molecule has 9 rings (SSSR count). The van der Waals surface area contributed by atoms with Gasteiger partial charge in [-0.1, -0.05) is 139 Å². The normalized spacial score (nSPS) is 13.0. The Morgan fingerprint density at radius 1 is 0.442 bits per heavy atom. The Morgan fingerprint density at radius 3 is 1.81 bits per heavy atom. The van der Waals surface area contributed by atoms with E-state index in [1.165, 1.54) is 0 Å². The van der Waals surface area contributed by atoms with Gasteiger partial charge in [0.15, 0.2) is 0 Å². The molecule has 1 nitrogen and oxygen atoms in total. The quantitative estimate of drug-likeness (QED) is 0.199. The van der Waals surface area contributed by atoms with Crippen molar-refractivity contribution >= 4 is 54.3 Å². The van der Waals surface area contributed by atoms with Gasteiger partial charge < -0.3 is 4.42 Å². The van der Waals surface area contributed by atoms with Crippen molar-refractivity contribution in [3.05, 3.63) is 158 Å². The number of furan rings is 1. The molecule has 43 heavy (non-hydrogen) atoms. The van der Waals surface area contributed by atoms with Gasteiger partial charge in [-0.25, -0.2) is 0 Å². The number of rotatable bonds is 3. The summed E-state index contributed by atoms with van der Waals surface area (Å²) in [5.74, 6) is 0. The third kappa shape index (κ3) is 3.65. The summed E-state index contributed by atoms with van der Waals surface area (Å²) in [5.41, 5.74) is 5.91. The van der Waals surface area contributed by atoms with Crippen LogP contribution >= 0.6 is 0 Å². The van der Waals surface area contributed by atoms with Crippen LogP contribution in [0.15, 0.2) is 162 Å². The van der Waals surface area contributed by atoms with Gasteiger partial charge in [-0.05, 0) is 78.5 Å². The molecule has 0 radical (unpaired) electrons. The summed E-state index contributed by atoms with van der Waals surface area (Å²) in [6.07, 6.45) is 0. The number of benzene rings is 8. The topological polar surface area (TPSA) is 13.1 Å². The van der Waals surface area contributed by atoms with Crippen LogP contribution in [0, 0.1) is 0 Å². The summed E-state index contributed by atoms with van der Waals surface area (Å²) in [5, 5.41) is 8.00. The van der Waals surface area contributed by atoms with E-state index in [9.17, 15) is 1.37 Å². The second-order valence-electron chi connectivity index (χ2n) is 10.9. The molecule has 0 aliphatic rings. The van der Waals surface area contributed by atoms with E-state index in [2.05, 4.69) is 42.5 Å². The third-order valence-corrected chi connectivity index (χ3v) is 8.53. The van der Waals surface area contributed by atoms with E-state index in [0.717, 1.165) is 70.9 Å². The van der Waals surface area contributed by atoms with Crippen molar-refractivity contribution in [1.29, 1.82) is 0 Å². The minimum absolute atomic E-state index is 0.0834. The van der Waals surface area contributed by atoms with Gasteiger partial charge in [0, 0.05) is 16.2 Å². The molecule has 9 aromatic rings. The fraction of sp³-hybridized carbons (Fsp3) is 0. The van der Waals surface area contributed by atoms with Crippen LogP contribution < -0.4 is 0 Å². The van der Waals surface area contributed by atoms with Crippen LogP contribution in [0.25, 0.3) is 87.6 Å². The maximum Gasteiger partial charge on any atom is 0.143 e. The molecule has 0 aliphatic heterocycles. The lowest BCUT2D eigenvalue weighted by Crippen LogP contribution is -1.91. The van der Waals surface area contributed by atoms with E-state index in [4.69, 9.17) is 8.53 Å². The van der Waals surface area contributed by atoms with Gasteiger partial charge in [0.1, 0.15) is 11.2 Å². The highest BCUT2D eigenvalue weighted by molar-refractivity contribution is 6.27. The van der Waals surface area contributed by atoms with E-state index in [1.54, 1.807) is 0 Å². The predicted molar refractivity (Wildman–Crippen MR) is 183 cm³/mol. The molecule has 0 atom stereocenters. The molecule has 0 amide bonds. The van der Waals surface area contributed by atoms with Crippen molar-refractivity contribution in [2.24, 2.45) is 0 Å². The Morgan fingerprint density at radius 2 is 1.07 bits per heavy atom. The van der Waals surface area contributed by atoms with E-state index in [0.29, 0.717) is 16.7 Å². The molecule has 0 saturated heterocycles.